The standard InChI is InChI=1S/C18H25NO2/c1-12(2)16(17(20)21-6)19-15-10-8-7-9-14(15)13(3)11-18(19,4)5/h7-12,16H,1-6H3/t16-/m1/s1. The summed E-state index contributed by atoms with van der Waals surface area (Å²) in [5.41, 5.74) is 3.30. The van der Waals surface area contributed by atoms with Gasteiger partial charge in [0.05, 0.1) is 12.6 Å². The van der Waals surface area contributed by atoms with Crippen molar-refractivity contribution >= 4 is 17.2 Å². The Morgan fingerprint density at radius 3 is 2.43 bits per heavy atom. The van der Waals surface area contributed by atoms with E-state index in [9.17, 15) is 4.79 Å². The van der Waals surface area contributed by atoms with Crippen molar-refractivity contribution in [3.63, 3.8) is 0 Å². The molecule has 0 saturated heterocycles. The van der Waals surface area contributed by atoms with E-state index in [0.29, 0.717) is 0 Å². The second-order valence-electron chi connectivity index (χ2n) is 6.58. The van der Waals surface area contributed by atoms with Crippen LogP contribution >= 0.6 is 0 Å². The second kappa shape index (κ2) is 5.55. The van der Waals surface area contributed by atoms with Gasteiger partial charge in [-0.05, 0) is 38.3 Å². The van der Waals surface area contributed by atoms with Crippen LogP contribution in [0, 0.1) is 5.92 Å². The van der Waals surface area contributed by atoms with Crippen molar-refractivity contribution in [1.29, 1.82) is 0 Å². The summed E-state index contributed by atoms with van der Waals surface area (Å²) in [6, 6.07) is 7.96. The van der Waals surface area contributed by atoms with Gasteiger partial charge >= 0.3 is 5.97 Å². The van der Waals surface area contributed by atoms with Gasteiger partial charge in [-0.2, -0.15) is 0 Å². The molecule has 114 valence electrons. The van der Waals surface area contributed by atoms with Gasteiger partial charge in [-0.1, -0.05) is 38.1 Å². The zero-order chi connectivity index (χ0) is 15.8. The highest BCUT2D eigenvalue weighted by Crippen LogP contribution is 2.41. The lowest BCUT2D eigenvalue weighted by Crippen LogP contribution is -2.56. The van der Waals surface area contributed by atoms with Crippen molar-refractivity contribution in [2.75, 3.05) is 12.0 Å². The summed E-state index contributed by atoms with van der Waals surface area (Å²) in [4.78, 5) is 14.5. The van der Waals surface area contributed by atoms with E-state index < -0.39 is 0 Å². The zero-order valence-corrected chi connectivity index (χ0v) is 13.8. The Morgan fingerprint density at radius 1 is 1.24 bits per heavy atom. The third-order valence-electron chi connectivity index (χ3n) is 4.13. The van der Waals surface area contributed by atoms with E-state index in [2.05, 4.69) is 57.7 Å². The molecule has 2 rings (SSSR count). The molecule has 1 aliphatic heterocycles. The van der Waals surface area contributed by atoms with Crippen LogP contribution < -0.4 is 4.90 Å². The molecule has 1 aliphatic rings. The maximum Gasteiger partial charge on any atom is 0.328 e. The van der Waals surface area contributed by atoms with Gasteiger partial charge in [0, 0.05) is 11.3 Å². The van der Waals surface area contributed by atoms with E-state index in [1.54, 1.807) is 0 Å². The normalized spacial score (nSPS) is 18.0. The molecule has 3 nitrogen and oxygen atoms in total. The average Bonchev–Trinajstić information content (AvgIpc) is 2.41. The number of anilines is 1. The molecule has 0 radical (unpaired) electrons. The highest BCUT2D eigenvalue weighted by Gasteiger charge is 2.41. The molecule has 1 aromatic carbocycles. The third-order valence-corrected chi connectivity index (χ3v) is 4.13. The Kier molecular flexibility index (Phi) is 4.13. The van der Waals surface area contributed by atoms with Crippen LogP contribution in [-0.2, 0) is 9.53 Å². The van der Waals surface area contributed by atoms with E-state index >= 15 is 0 Å². The number of hydrogen-bond donors (Lipinski definition) is 0. The molecular weight excluding hydrogens is 262 g/mol. The van der Waals surface area contributed by atoms with Gasteiger partial charge in [0.1, 0.15) is 6.04 Å². The number of benzene rings is 1. The number of hydrogen-bond acceptors (Lipinski definition) is 3. The smallest absolute Gasteiger partial charge is 0.328 e. The number of allylic oxidation sites excluding steroid dienone is 1. The second-order valence-corrected chi connectivity index (χ2v) is 6.58. The number of ether oxygens (including phenoxy) is 1. The molecule has 0 amide bonds. The lowest BCUT2D eigenvalue weighted by atomic mass is 9.85. The van der Waals surface area contributed by atoms with Crippen molar-refractivity contribution in [3.8, 4) is 0 Å². The number of carbonyl (C=O) groups excluding carboxylic acids is 1. The van der Waals surface area contributed by atoms with E-state index in [-0.39, 0.29) is 23.5 Å². The molecular formula is C18H25NO2. The summed E-state index contributed by atoms with van der Waals surface area (Å²) >= 11 is 0. The van der Waals surface area contributed by atoms with Gasteiger partial charge in [0.2, 0.25) is 0 Å². The molecule has 0 bridgehead atoms. The minimum Gasteiger partial charge on any atom is -0.467 e. The van der Waals surface area contributed by atoms with Crippen molar-refractivity contribution in [2.24, 2.45) is 5.92 Å². The van der Waals surface area contributed by atoms with E-state index in [4.69, 9.17) is 4.74 Å². The van der Waals surface area contributed by atoms with Crippen molar-refractivity contribution in [1.82, 2.24) is 0 Å². The monoisotopic (exact) mass is 287 g/mol. The molecule has 1 heterocycles. The largest absolute Gasteiger partial charge is 0.467 e. The Hall–Kier alpha value is -1.77. The Balaban J connectivity index is 2.62. The van der Waals surface area contributed by atoms with Crippen LogP contribution in [-0.4, -0.2) is 24.7 Å². The summed E-state index contributed by atoms with van der Waals surface area (Å²) in [6.07, 6.45) is 2.23. The number of nitrogens with zero attached hydrogens (tertiary/aromatic N) is 1. The highest BCUT2D eigenvalue weighted by molar-refractivity contribution is 5.87. The highest BCUT2D eigenvalue weighted by atomic mass is 16.5. The molecule has 1 atom stereocenters. The van der Waals surface area contributed by atoms with Crippen LogP contribution in [0.3, 0.4) is 0 Å². The molecule has 0 saturated carbocycles. The van der Waals surface area contributed by atoms with E-state index in [0.717, 1.165) is 5.69 Å². The first-order chi connectivity index (χ1) is 9.79. The zero-order valence-electron chi connectivity index (χ0n) is 13.8. The predicted molar refractivity (Wildman–Crippen MR) is 87.3 cm³/mol. The molecule has 0 spiro atoms. The maximum absolute atomic E-state index is 12.3. The number of rotatable bonds is 3. The first-order valence-electron chi connectivity index (χ1n) is 7.45. The summed E-state index contributed by atoms with van der Waals surface area (Å²) in [6.45, 7) is 10.5. The summed E-state index contributed by atoms with van der Waals surface area (Å²) in [5, 5.41) is 0. The molecule has 3 heteroatoms. The molecule has 0 aliphatic carbocycles. The van der Waals surface area contributed by atoms with Gasteiger partial charge in [-0.25, -0.2) is 4.79 Å². The third kappa shape index (κ3) is 2.69. The minimum atomic E-state index is -0.296. The van der Waals surface area contributed by atoms with Crippen LogP contribution in [0.15, 0.2) is 30.3 Å². The minimum absolute atomic E-state index is 0.164. The molecule has 21 heavy (non-hydrogen) atoms. The van der Waals surface area contributed by atoms with Crippen LogP contribution in [0.4, 0.5) is 5.69 Å². The average molecular weight is 287 g/mol. The summed E-state index contributed by atoms with van der Waals surface area (Å²) in [5.74, 6) is -0.0163. The predicted octanol–water partition coefficient (Wildman–Crippen LogP) is 3.89. The van der Waals surface area contributed by atoms with Crippen LogP contribution in [0.1, 0.15) is 40.2 Å². The Morgan fingerprint density at radius 2 is 1.86 bits per heavy atom. The molecule has 1 aromatic rings. The van der Waals surface area contributed by atoms with Gasteiger partial charge < -0.3 is 9.64 Å². The Bertz CT molecular complexity index is 572. The number of para-hydroxylation sites is 1. The van der Waals surface area contributed by atoms with E-state index in [1.165, 1.54) is 18.2 Å². The fraction of sp³-hybridized carbons (Fsp3) is 0.500. The van der Waals surface area contributed by atoms with Gasteiger partial charge in [-0.3, -0.25) is 0 Å². The maximum atomic E-state index is 12.3. The SMILES string of the molecule is COC(=O)[C@@H](C(C)C)N1c2ccccc2C(C)=CC1(C)C. The number of fused-ring (bicyclic) bond motifs is 1. The molecule has 0 fully saturated rings. The van der Waals surface area contributed by atoms with Gasteiger partial charge in [-0.15, -0.1) is 0 Å². The number of methoxy groups -OCH3 is 1. The summed E-state index contributed by atoms with van der Waals surface area (Å²) in [7, 11) is 1.46. The van der Waals surface area contributed by atoms with E-state index in [1.807, 2.05) is 12.1 Å². The molecule has 0 unspecified atom stereocenters. The van der Waals surface area contributed by atoms with Crippen molar-refractivity contribution in [3.05, 3.63) is 35.9 Å². The quantitative estimate of drug-likeness (QED) is 0.790. The molecule has 0 aromatic heterocycles. The van der Waals surface area contributed by atoms with Crippen LogP contribution in [0.2, 0.25) is 0 Å². The lowest BCUT2D eigenvalue weighted by molar-refractivity contribution is -0.143. The number of carbonyl (C=O) groups is 1. The molecule has 0 N–H and O–H groups in total. The number of esters is 1. The topological polar surface area (TPSA) is 29.5 Å². The van der Waals surface area contributed by atoms with Crippen molar-refractivity contribution in [2.45, 2.75) is 46.2 Å². The fourth-order valence-electron chi connectivity index (χ4n) is 3.31. The summed E-state index contributed by atoms with van der Waals surface area (Å²) < 4.78 is 5.06. The first-order valence-corrected chi connectivity index (χ1v) is 7.45. The van der Waals surface area contributed by atoms with Gasteiger partial charge in [0.15, 0.2) is 0 Å². The Labute approximate surface area is 127 Å². The van der Waals surface area contributed by atoms with Crippen LogP contribution in [0.5, 0.6) is 0 Å². The van der Waals surface area contributed by atoms with Crippen molar-refractivity contribution < 1.29 is 9.53 Å². The lowest BCUT2D eigenvalue weighted by Gasteiger charge is -2.47. The fourth-order valence-corrected chi connectivity index (χ4v) is 3.31. The van der Waals surface area contributed by atoms with Gasteiger partial charge in [0.25, 0.3) is 0 Å². The van der Waals surface area contributed by atoms with Crippen LogP contribution in [0.25, 0.3) is 5.57 Å². The first kappa shape index (κ1) is 15.6.